The Bertz CT molecular complexity index is 343. The van der Waals surface area contributed by atoms with Crippen LogP contribution in [0.5, 0.6) is 0 Å². The van der Waals surface area contributed by atoms with E-state index >= 15 is 0 Å². The number of nitrogens with zero attached hydrogens (tertiary/aromatic N) is 1. The van der Waals surface area contributed by atoms with Crippen molar-refractivity contribution in [3.63, 3.8) is 0 Å². The summed E-state index contributed by atoms with van der Waals surface area (Å²) in [5.74, 6) is 0.779. The molecule has 1 aromatic heterocycles. The summed E-state index contributed by atoms with van der Waals surface area (Å²) >= 11 is 1.86. The summed E-state index contributed by atoms with van der Waals surface area (Å²) in [6.45, 7) is 13.1. The van der Waals surface area contributed by atoms with E-state index < -0.39 is 0 Å². The first kappa shape index (κ1) is 15.5. The molecular formula is C15H26N2S. The van der Waals surface area contributed by atoms with Crippen molar-refractivity contribution in [1.82, 2.24) is 10.3 Å². The fraction of sp³-hybridized carbons (Fsp3) is 0.667. The molecule has 1 rings (SSSR count). The maximum atomic E-state index is 4.57. The van der Waals surface area contributed by atoms with E-state index in [1.54, 1.807) is 0 Å². The van der Waals surface area contributed by atoms with Crippen molar-refractivity contribution >= 4 is 11.8 Å². The number of hydrogen-bond acceptors (Lipinski definition) is 3. The predicted octanol–water partition coefficient (Wildman–Crippen LogP) is 3.81. The Morgan fingerprint density at radius 3 is 2.56 bits per heavy atom. The van der Waals surface area contributed by atoms with E-state index in [9.17, 15) is 0 Å². The van der Waals surface area contributed by atoms with E-state index in [1.165, 1.54) is 12.0 Å². The van der Waals surface area contributed by atoms with Crippen molar-refractivity contribution in [3.8, 4) is 0 Å². The number of aryl methyl sites for hydroxylation is 2. The molecule has 0 saturated heterocycles. The molecule has 102 valence electrons. The van der Waals surface area contributed by atoms with Crippen LogP contribution in [0.4, 0.5) is 0 Å². The molecular weight excluding hydrogens is 240 g/mol. The lowest BCUT2D eigenvalue weighted by Gasteiger charge is -2.13. The van der Waals surface area contributed by atoms with Crippen LogP contribution < -0.4 is 5.32 Å². The fourth-order valence-corrected chi connectivity index (χ4v) is 2.87. The van der Waals surface area contributed by atoms with Gasteiger partial charge in [0, 0.05) is 17.5 Å². The van der Waals surface area contributed by atoms with Gasteiger partial charge in [0.2, 0.25) is 0 Å². The molecule has 0 aliphatic rings. The third-order valence-electron chi connectivity index (χ3n) is 2.73. The van der Waals surface area contributed by atoms with Gasteiger partial charge < -0.3 is 5.32 Å². The standard InChI is InChI=1S/C15H26N2S/c1-11(2)6-7-16-10-14(5)18-15-9-12(3)8-13(4)17-15/h8-9,11,14,16H,6-7,10H2,1-5H3. The SMILES string of the molecule is Cc1cc(C)nc(SC(C)CNCCC(C)C)c1. The van der Waals surface area contributed by atoms with Crippen molar-refractivity contribution in [2.75, 3.05) is 13.1 Å². The third-order valence-corrected chi connectivity index (χ3v) is 3.75. The molecule has 0 fully saturated rings. The molecule has 0 aromatic carbocycles. The first-order chi connectivity index (χ1) is 8.47. The first-order valence-corrected chi connectivity index (χ1v) is 7.68. The van der Waals surface area contributed by atoms with E-state index in [4.69, 9.17) is 0 Å². The predicted molar refractivity (Wildman–Crippen MR) is 81.4 cm³/mol. The van der Waals surface area contributed by atoms with Gasteiger partial charge in [-0.15, -0.1) is 11.8 Å². The van der Waals surface area contributed by atoms with Crippen LogP contribution in [0.25, 0.3) is 0 Å². The molecule has 1 atom stereocenters. The van der Waals surface area contributed by atoms with Gasteiger partial charge in [-0.25, -0.2) is 4.98 Å². The summed E-state index contributed by atoms with van der Waals surface area (Å²) in [6.07, 6.45) is 1.25. The molecule has 0 bridgehead atoms. The minimum Gasteiger partial charge on any atom is -0.316 e. The second kappa shape index (κ2) is 7.80. The molecule has 0 aliphatic carbocycles. The Morgan fingerprint density at radius 1 is 1.22 bits per heavy atom. The molecule has 0 aliphatic heterocycles. The third kappa shape index (κ3) is 6.41. The van der Waals surface area contributed by atoms with Crippen LogP contribution in [0.15, 0.2) is 17.2 Å². The molecule has 2 nitrogen and oxygen atoms in total. The normalized spacial score (nSPS) is 13.0. The first-order valence-electron chi connectivity index (χ1n) is 6.80. The topological polar surface area (TPSA) is 24.9 Å². The van der Waals surface area contributed by atoms with Crippen LogP contribution in [0.2, 0.25) is 0 Å². The van der Waals surface area contributed by atoms with Crippen molar-refractivity contribution in [2.45, 2.75) is 51.3 Å². The van der Waals surface area contributed by atoms with Crippen molar-refractivity contribution in [2.24, 2.45) is 5.92 Å². The Labute approximate surface area is 116 Å². The van der Waals surface area contributed by atoms with Gasteiger partial charge in [-0.05, 0) is 50.4 Å². The number of rotatable bonds is 7. The lowest BCUT2D eigenvalue weighted by Crippen LogP contribution is -2.24. The summed E-state index contributed by atoms with van der Waals surface area (Å²) < 4.78 is 0. The highest BCUT2D eigenvalue weighted by Gasteiger charge is 2.06. The number of pyridine rings is 1. The average Bonchev–Trinajstić information content (AvgIpc) is 2.22. The molecule has 1 N–H and O–H groups in total. The van der Waals surface area contributed by atoms with Crippen LogP contribution in [-0.2, 0) is 0 Å². The minimum absolute atomic E-state index is 0.561. The monoisotopic (exact) mass is 266 g/mol. The van der Waals surface area contributed by atoms with Crippen molar-refractivity contribution in [1.29, 1.82) is 0 Å². The summed E-state index contributed by atoms with van der Waals surface area (Å²) in [6, 6.07) is 4.29. The van der Waals surface area contributed by atoms with Gasteiger partial charge in [-0.2, -0.15) is 0 Å². The van der Waals surface area contributed by atoms with E-state index in [-0.39, 0.29) is 0 Å². The Morgan fingerprint density at radius 2 is 1.94 bits per heavy atom. The lowest BCUT2D eigenvalue weighted by atomic mass is 10.1. The molecule has 3 heteroatoms. The number of nitrogens with one attached hydrogen (secondary N) is 1. The highest BCUT2D eigenvalue weighted by molar-refractivity contribution is 7.99. The second-order valence-corrected chi connectivity index (χ2v) is 6.90. The van der Waals surface area contributed by atoms with Gasteiger partial charge in [-0.1, -0.05) is 20.8 Å². The van der Waals surface area contributed by atoms with Gasteiger partial charge in [0.25, 0.3) is 0 Å². The Hall–Kier alpha value is -0.540. The van der Waals surface area contributed by atoms with Gasteiger partial charge in [-0.3, -0.25) is 0 Å². The lowest BCUT2D eigenvalue weighted by molar-refractivity contribution is 0.539. The highest BCUT2D eigenvalue weighted by Crippen LogP contribution is 2.22. The van der Waals surface area contributed by atoms with Crippen LogP contribution in [0, 0.1) is 19.8 Å². The van der Waals surface area contributed by atoms with E-state index in [0.29, 0.717) is 5.25 Å². The highest BCUT2D eigenvalue weighted by atomic mass is 32.2. The molecule has 0 amide bonds. The molecule has 1 unspecified atom stereocenters. The van der Waals surface area contributed by atoms with E-state index in [1.807, 2.05) is 11.8 Å². The summed E-state index contributed by atoms with van der Waals surface area (Å²) in [5, 5.41) is 5.22. The summed E-state index contributed by atoms with van der Waals surface area (Å²) in [7, 11) is 0. The van der Waals surface area contributed by atoms with Gasteiger partial charge >= 0.3 is 0 Å². The van der Waals surface area contributed by atoms with Gasteiger partial charge in [0.1, 0.15) is 0 Å². The average molecular weight is 266 g/mol. The molecule has 1 aromatic rings. The molecule has 1 heterocycles. The van der Waals surface area contributed by atoms with E-state index in [0.717, 1.165) is 29.7 Å². The summed E-state index contributed by atoms with van der Waals surface area (Å²) in [4.78, 5) is 4.57. The molecule has 0 radical (unpaired) electrons. The molecule has 0 saturated carbocycles. The molecule has 18 heavy (non-hydrogen) atoms. The second-order valence-electron chi connectivity index (χ2n) is 5.44. The van der Waals surface area contributed by atoms with Crippen LogP contribution in [0.1, 0.15) is 38.4 Å². The largest absolute Gasteiger partial charge is 0.316 e. The van der Waals surface area contributed by atoms with E-state index in [2.05, 4.69) is 57.1 Å². The number of aromatic nitrogens is 1. The zero-order valence-corrected chi connectivity index (χ0v) is 13.1. The van der Waals surface area contributed by atoms with Crippen LogP contribution in [-0.4, -0.2) is 23.3 Å². The van der Waals surface area contributed by atoms with Crippen LogP contribution >= 0.6 is 11.8 Å². The number of thioether (sulfide) groups is 1. The zero-order valence-electron chi connectivity index (χ0n) is 12.3. The number of hydrogen-bond donors (Lipinski definition) is 1. The minimum atomic E-state index is 0.561. The van der Waals surface area contributed by atoms with Crippen molar-refractivity contribution in [3.05, 3.63) is 23.4 Å². The summed E-state index contributed by atoms with van der Waals surface area (Å²) in [5.41, 5.74) is 2.41. The maximum absolute atomic E-state index is 4.57. The smallest absolute Gasteiger partial charge is 0.0968 e. The Balaban J connectivity index is 2.33. The molecule has 0 spiro atoms. The van der Waals surface area contributed by atoms with Crippen LogP contribution in [0.3, 0.4) is 0 Å². The fourth-order valence-electron chi connectivity index (χ4n) is 1.81. The Kier molecular flexibility index (Phi) is 6.72. The van der Waals surface area contributed by atoms with Gasteiger partial charge in [0.05, 0.1) is 5.03 Å². The van der Waals surface area contributed by atoms with Gasteiger partial charge in [0.15, 0.2) is 0 Å². The zero-order chi connectivity index (χ0) is 13.5. The quantitative estimate of drug-likeness (QED) is 0.600. The van der Waals surface area contributed by atoms with Crippen molar-refractivity contribution < 1.29 is 0 Å². The maximum Gasteiger partial charge on any atom is 0.0968 e.